The van der Waals surface area contributed by atoms with Crippen LogP contribution in [-0.4, -0.2) is 41.0 Å². The third kappa shape index (κ3) is 2.74. The van der Waals surface area contributed by atoms with Crippen molar-refractivity contribution in [2.24, 2.45) is 0 Å². The fourth-order valence-corrected chi connectivity index (χ4v) is 1.72. The normalized spacial score (nSPS) is 15.4. The maximum atomic E-state index is 5.96. The highest BCUT2D eigenvalue weighted by atomic mass is 35.5. The molecule has 1 saturated carbocycles. The van der Waals surface area contributed by atoms with E-state index in [2.05, 4.69) is 27.2 Å². The Kier molecular flexibility index (Phi) is 3.46. The van der Waals surface area contributed by atoms with Crippen LogP contribution in [0.5, 0.6) is 0 Å². The second-order valence-corrected chi connectivity index (χ2v) is 4.44. The van der Waals surface area contributed by atoms with E-state index in [-0.39, 0.29) is 0 Å². The van der Waals surface area contributed by atoms with Crippen LogP contribution in [0.1, 0.15) is 12.8 Å². The fourth-order valence-electron chi connectivity index (χ4n) is 1.56. The SMILES string of the molecule is CN(CCNc1ncnc(N)c1Cl)C1CC1. The first-order valence-corrected chi connectivity index (χ1v) is 5.76. The first-order chi connectivity index (χ1) is 7.68. The van der Waals surface area contributed by atoms with E-state index in [9.17, 15) is 0 Å². The molecular formula is C10H16ClN5. The minimum Gasteiger partial charge on any atom is -0.382 e. The van der Waals surface area contributed by atoms with E-state index in [0.717, 1.165) is 19.1 Å². The molecule has 0 radical (unpaired) electrons. The number of hydrogen-bond acceptors (Lipinski definition) is 5. The zero-order valence-corrected chi connectivity index (χ0v) is 10.0. The molecule has 1 heterocycles. The minimum absolute atomic E-state index is 0.315. The van der Waals surface area contributed by atoms with Crippen molar-refractivity contribution in [3.63, 3.8) is 0 Å². The lowest BCUT2D eigenvalue weighted by Gasteiger charge is -2.16. The van der Waals surface area contributed by atoms with Gasteiger partial charge in [0.1, 0.15) is 23.0 Å². The summed E-state index contributed by atoms with van der Waals surface area (Å²) in [6.45, 7) is 1.79. The van der Waals surface area contributed by atoms with Crippen LogP contribution >= 0.6 is 11.6 Å². The smallest absolute Gasteiger partial charge is 0.150 e. The second-order valence-electron chi connectivity index (χ2n) is 4.06. The van der Waals surface area contributed by atoms with Gasteiger partial charge < -0.3 is 16.0 Å². The second kappa shape index (κ2) is 4.84. The zero-order chi connectivity index (χ0) is 11.5. The van der Waals surface area contributed by atoms with Gasteiger partial charge in [0, 0.05) is 19.1 Å². The van der Waals surface area contributed by atoms with E-state index in [1.165, 1.54) is 19.2 Å². The fraction of sp³-hybridized carbons (Fsp3) is 0.600. The van der Waals surface area contributed by atoms with E-state index < -0.39 is 0 Å². The maximum Gasteiger partial charge on any atom is 0.150 e. The van der Waals surface area contributed by atoms with Gasteiger partial charge in [-0.1, -0.05) is 11.6 Å². The summed E-state index contributed by atoms with van der Waals surface area (Å²) in [6.07, 6.45) is 4.05. The van der Waals surface area contributed by atoms with Crippen molar-refractivity contribution < 1.29 is 0 Å². The molecule has 1 aliphatic rings. The number of nitrogens with zero attached hydrogens (tertiary/aromatic N) is 3. The van der Waals surface area contributed by atoms with Crippen LogP contribution in [0.15, 0.2) is 6.33 Å². The summed E-state index contributed by atoms with van der Waals surface area (Å²) < 4.78 is 0. The molecule has 0 amide bonds. The number of hydrogen-bond donors (Lipinski definition) is 2. The van der Waals surface area contributed by atoms with Crippen molar-refractivity contribution in [1.82, 2.24) is 14.9 Å². The number of nitrogens with one attached hydrogen (secondary N) is 1. The van der Waals surface area contributed by atoms with Gasteiger partial charge in [-0.25, -0.2) is 9.97 Å². The molecule has 0 atom stereocenters. The van der Waals surface area contributed by atoms with Crippen molar-refractivity contribution >= 4 is 23.2 Å². The van der Waals surface area contributed by atoms with Crippen molar-refractivity contribution in [2.75, 3.05) is 31.2 Å². The van der Waals surface area contributed by atoms with Crippen LogP contribution in [-0.2, 0) is 0 Å². The third-order valence-electron chi connectivity index (χ3n) is 2.74. The molecule has 0 unspecified atom stereocenters. The van der Waals surface area contributed by atoms with Crippen LogP contribution in [0.3, 0.4) is 0 Å². The van der Waals surface area contributed by atoms with Crippen LogP contribution in [0.2, 0.25) is 5.02 Å². The highest BCUT2D eigenvalue weighted by molar-refractivity contribution is 6.35. The average Bonchev–Trinajstić information content (AvgIpc) is 3.07. The standard InChI is InChI=1S/C10H16ClN5/c1-16(7-2-3-7)5-4-13-10-8(11)9(12)14-6-15-10/h6-7H,2-5H2,1H3,(H3,12,13,14,15). The summed E-state index contributed by atoms with van der Waals surface area (Å²) in [7, 11) is 2.13. The number of rotatable bonds is 5. The lowest BCUT2D eigenvalue weighted by atomic mass is 10.4. The minimum atomic E-state index is 0.315. The van der Waals surface area contributed by atoms with Crippen molar-refractivity contribution in [3.05, 3.63) is 11.3 Å². The molecule has 6 heteroatoms. The summed E-state index contributed by atoms with van der Waals surface area (Å²) in [5, 5.41) is 3.56. The Morgan fingerprint density at radius 3 is 3.00 bits per heavy atom. The summed E-state index contributed by atoms with van der Waals surface area (Å²) in [5.74, 6) is 0.924. The predicted octanol–water partition coefficient (Wildman–Crippen LogP) is 1.22. The van der Waals surface area contributed by atoms with Gasteiger partial charge in [-0.2, -0.15) is 0 Å². The van der Waals surface area contributed by atoms with Gasteiger partial charge in [0.05, 0.1) is 0 Å². The number of nitrogens with two attached hydrogens (primary N) is 1. The molecule has 2 rings (SSSR count). The molecule has 0 aliphatic heterocycles. The lowest BCUT2D eigenvalue weighted by molar-refractivity contribution is 0.337. The molecule has 0 aromatic carbocycles. The topological polar surface area (TPSA) is 67.1 Å². The van der Waals surface area contributed by atoms with E-state index in [1.54, 1.807) is 0 Å². The third-order valence-corrected chi connectivity index (χ3v) is 3.12. The predicted molar refractivity (Wildman–Crippen MR) is 65.6 cm³/mol. The number of halogens is 1. The Hall–Kier alpha value is -1.07. The molecule has 0 spiro atoms. The Labute approximate surface area is 100 Å². The molecule has 1 aromatic heterocycles. The lowest BCUT2D eigenvalue weighted by Crippen LogP contribution is -2.27. The van der Waals surface area contributed by atoms with Gasteiger partial charge >= 0.3 is 0 Å². The van der Waals surface area contributed by atoms with Crippen molar-refractivity contribution in [3.8, 4) is 0 Å². The van der Waals surface area contributed by atoms with Gasteiger partial charge in [0.25, 0.3) is 0 Å². The number of likely N-dealkylation sites (N-methyl/N-ethyl adjacent to an activating group) is 1. The van der Waals surface area contributed by atoms with Gasteiger partial charge in [-0.15, -0.1) is 0 Å². The molecule has 1 aromatic rings. The molecule has 5 nitrogen and oxygen atoms in total. The Balaban J connectivity index is 1.82. The van der Waals surface area contributed by atoms with Crippen LogP contribution in [0, 0.1) is 0 Å². The molecule has 88 valence electrons. The highest BCUT2D eigenvalue weighted by Crippen LogP contribution is 2.25. The Morgan fingerprint density at radius 2 is 2.31 bits per heavy atom. The number of aromatic nitrogens is 2. The first kappa shape index (κ1) is 11.4. The van der Waals surface area contributed by atoms with Crippen LogP contribution in [0.4, 0.5) is 11.6 Å². The molecule has 1 fully saturated rings. The van der Waals surface area contributed by atoms with Gasteiger partial charge in [0.2, 0.25) is 0 Å². The van der Waals surface area contributed by atoms with E-state index in [1.807, 2.05) is 0 Å². The quantitative estimate of drug-likeness (QED) is 0.812. The molecule has 0 saturated heterocycles. The van der Waals surface area contributed by atoms with E-state index in [4.69, 9.17) is 17.3 Å². The Bertz CT molecular complexity index is 366. The highest BCUT2D eigenvalue weighted by Gasteiger charge is 2.25. The number of nitrogen functional groups attached to an aromatic ring is 1. The summed E-state index contributed by atoms with van der Waals surface area (Å²) in [4.78, 5) is 10.2. The largest absolute Gasteiger partial charge is 0.382 e. The molecule has 16 heavy (non-hydrogen) atoms. The van der Waals surface area contributed by atoms with E-state index in [0.29, 0.717) is 16.7 Å². The average molecular weight is 242 g/mol. The first-order valence-electron chi connectivity index (χ1n) is 5.38. The van der Waals surface area contributed by atoms with Crippen LogP contribution < -0.4 is 11.1 Å². The monoisotopic (exact) mass is 241 g/mol. The van der Waals surface area contributed by atoms with Gasteiger partial charge in [0.15, 0.2) is 0 Å². The summed E-state index contributed by atoms with van der Waals surface area (Å²) in [5.41, 5.74) is 5.58. The van der Waals surface area contributed by atoms with Crippen LogP contribution in [0.25, 0.3) is 0 Å². The van der Waals surface area contributed by atoms with Crippen molar-refractivity contribution in [2.45, 2.75) is 18.9 Å². The van der Waals surface area contributed by atoms with Gasteiger partial charge in [-0.3, -0.25) is 0 Å². The number of anilines is 2. The summed E-state index contributed by atoms with van der Waals surface area (Å²) in [6, 6.07) is 0.771. The molecule has 1 aliphatic carbocycles. The molecular weight excluding hydrogens is 226 g/mol. The molecule has 0 bridgehead atoms. The zero-order valence-electron chi connectivity index (χ0n) is 9.28. The summed E-state index contributed by atoms with van der Waals surface area (Å²) >= 11 is 5.96. The molecule has 3 N–H and O–H groups in total. The van der Waals surface area contributed by atoms with Gasteiger partial charge in [-0.05, 0) is 19.9 Å². The van der Waals surface area contributed by atoms with E-state index >= 15 is 0 Å². The Morgan fingerprint density at radius 1 is 1.56 bits per heavy atom. The maximum absolute atomic E-state index is 5.96. The van der Waals surface area contributed by atoms with Crippen molar-refractivity contribution in [1.29, 1.82) is 0 Å².